The van der Waals surface area contributed by atoms with Gasteiger partial charge in [0.2, 0.25) is 0 Å². The fourth-order valence-corrected chi connectivity index (χ4v) is 18.5. The molecule has 8 nitrogen and oxygen atoms in total. The number of esters is 3. The zero-order chi connectivity index (χ0) is 29.8. The second-order valence-electron chi connectivity index (χ2n) is 12.8. The van der Waals surface area contributed by atoms with Crippen LogP contribution in [0, 0.1) is 11.3 Å². The smallest absolute Gasteiger partial charge is 0.333 e. The topological polar surface area (TPSA) is 97.4 Å². The summed E-state index contributed by atoms with van der Waals surface area (Å²) in [4.78, 5) is 36.5. The number of ether oxygens (including phenoxy) is 3. The molecule has 0 saturated heterocycles. The summed E-state index contributed by atoms with van der Waals surface area (Å²) in [6.07, 6.45) is 3.43. The Morgan fingerprint density at radius 2 is 1.42 bits per heavy atom. The normalized spacial score (nSPS) is 13.6. The molecule has 0 aliphatic rings. The first-order valence-corrected chi connectivity index (χ1v) is 22.8. The molecule has 0 N–H and O–H groups in total. The first kappa shape index (κ1) is 36.7. The Labute approximate surface area is 234 Å². The number of hydrogen-bond acceptors (Lipinski definition) is 8. The van der Waals surface area contributed by atoms with Crippen LogP contribution in [0.3, 0.4) is 0 Å². The van der Waals surface area contributed by atoms with Crippen molar-refractivity contribution in [1.82, 2.24) is 0 Å². The minimum absolute atomic E-state index is 0.136. The lowest BCUT2D eigenvalue weighted by atomic mass is 9.96. The van der Waals surface area contributed by atoms with Crippen LogP contribution in [0.4, 0.5) is 0 Å². The molecule has 38 heavy (non-hydrogen) atoms. The molecule has 0 aromatic heterocycles. The molecular weight excluding hydrogens is 537 g/mol. The third-order valence-electron chi connectivity index (χ3n) is 5.73. The van der Waals surface area contributed by atoms with Crippen molar-refractivity contribution in [2.75, 3.05) is 19.8 Å². The number of carbonyl (C=O) groups excluding carboxylic acids is 3. The van der Waals surface area contributed by atoms with Crippen molar-refractivity contribution >= 4 is 43.1 Å². The van der Waals surface area contributed by atoms with E-state index in [0.717, 1.165) is 19.3 Å². The van der Waals surface area contributed by atoms with Crippen molar-refractivity contribution in [1.29, 1.82) is 0 Å². The summed E-state index contributed by atoms with van der Waals surface area (Å²) in [5.41, 5.74) is -0.175. The van der Waals surface area contributed by atoms with Crippen LogP contribution in [0.25, 0.3) is 0 Å². The van der Waals surface area contributed by atoms with Crippen LogP contribution in [-0.2, 0) is 36.8 Å². The van der Waals surface area contributed by atoms with Gasteiger partial charge < -0.3 is 22.4 Å². The van der Waals surface area contributed by atoms with E-state index in [2.05, 4.69) is 39.7 Å². The lowest BCUT2D eigenvalue weighted by Crippen LogP contribution is -2.53. The predicted octanol–water partition coefficient (Wildman–Crippen LogP) is 6.58. The van der Waals surface area contributed by atoms with E-state index < -0.39 is 36.6 Å². The van der Waals surface area contributed by atoms with Gasteiger partial charge in [0.05, 0.1) is 25.7 Å². The van der Waals surface area contributed by atoms with Gasteiger partial charge in [-0.1, -0.05) is 47.1 Å². The Balaban J connectivity index is 4.75. The summed E-state index contributed by atoms with van der Waals surface area (Å²) in [6.45, 7) is 26.1. The van der Waals surface area contributed by atoms with Crippen LogP contribution in [0.5, 0.6) is 0 Å². The summed E-state index contributed by atoms with van der Waals surface area (Å²) >= 11 is 0. The minimum atomic E-state index is -2.50. The molecule has 222 valence electrons. The van der Waals surface area contributed by atoms with Gasteiger partial charge in [-0.2, -0.15) is 0 Å². The minimum Gasteiger partial charge on any atom is -0.466 e. The highest BCUT2D eigenvalue weighted by Gasteiger charge is 2.41. The van der Waals surface area contributed by atoms with Crippen molar-refractivity contribution in [3.8, 4) is 0 Å². The average molecular weight is 591 g/mol. The van der Waals surface area contributed by atoms with E-state index in [1.54, 1.807) is 6.92 Å². The van der Waals surface area contributed by atoms with Gasteiger partial charge in [-0.25, -0.2) is 4.79 Å². The monoisotopic (exact) mass is 590 g/mol. The van der Waals surface area contributed by atoms with Crippen molar-refractivity contribution in [3.63, 3.8) is 0 Å². The van der Waals surface area contributed by atoms with E-state index in [9.17, 15) is 14.4 Å². The molecule has 1 unspecified atom stereocenters. The van der Waals surface area contributed by atoms with Gasteiger partial charge in [0.25, 0.3) is 0 Å². The fourth-order valence-electron chi connectivity index (χ4n) is 4.11. The number of hydrogen-bond donors (Lipinski definition) is 0. The maximum atomic E-state index is 12.7. The lowest BCUT2D eigenvalue weighted by molar-refractivity contribution is -0.153. The number of rotatable bonds is 19. The third kappa shape index (κ3) is 17.3. The molecule has 0 aromatic rings. The van der Waals surface area contributed by atoms with E-state index in [1.807, 2.05) is 33.9 Å². The lowest BCUT2D eigenvalue weighted by Gasteiger charge is -2.39. The maximum Gasteiger partial charge on any atom is 0.333 e. The van der Waals surface area contributed by atoms with E-state index in [4.69, 9.17) is 22.4 Å². The maximum absolute atomic E-state index is 12.7. The van der Waals surface area contributed by atoms with Crippen molar-refractivity contribution in [2.24, 2.45) is 11.3 Å². The highest BCUT2D eigenvalue weighted by Crippen LogP contribution is 2.28. The Morgan fingerprint density at radius 3 is 1.97 bits per heavy atom. The highest BCUT2D eigenvalue weighted by atomic mass is 28.5. The van der Waals surface area contributed by atoms with Crippen molar-refractivity contribution in [2.45, 2.75) is 112 Å². The Bertz CT molecular complexity index is 793. The Kier molecular flexibility index (Phi) is 15.6. The molecule has 0 aliphatic heterocycles. The molecule has 0 fully saturated rings. The standard InChI is InChI=1S/C27H54O8Si3/c1-13-14-15-17-31-24(28)16-18-36(7,8)34-38(11,12)35-37(9,10)19-23(4)26(30)33-21-27(5,6)20-32-25(29)22(2)3/h23H,2,13-21H2,1,3-12H3. The van der Waals surface area contributed by atoms with Gasteiger partial charge in [-0.05, 0) is 64.7 Å². The van der Waals surface area contributed by atoms with Crippen molar-refractivity contribution in [3.05, 3.63) is 12.2 Å². The largest absolute Gasteiger partial charge is 0.466 e. The predicted molar refractivity (Wildman–Crippen MR) is 159 cm³/mol. The van der Waals surface area contributed by atoms with Gasteiger partial charge in [0, 0.05) is 17.4 Å². The van der Waals surface area contributed by atoms with Gasteiger partial charge >= 0.3 is 26.5 Å². The van der Waals surface area contributed by atoms with Crippen LogP contribution in [-0.4, -0.2) is 62.9 Å². The Hall–Kier alpha value is -1.28. The zero-order valence-electron chi connectivity index (χ0n) is 25.9. The average Bonchev–Trinajstić information content (AvgIpc) is 2.75. The summed E-state index contributed by atoms with van der Waals surface area (Å²) < 4.78 is 29.3. The second-order valence-corrected chi connectivity index (χ2v) is 25.2. The molecule has 0 bridgehead atoms. The van der Waals surface area contributed by atoms with Crippen LogP contribution in [0.15, 0.2) is 12.2 Å². The summed E-state index contributed by atoms with van der Waals surface area (Å²) in [6, 6.07) is 1.28. The molecule has 11 heteroatoms. The molecule has 0 amide bonds. The SMILES string of the molecule is C=C(C)C(=O)OCC(C)(C)COC(=O)C(C)C[Si](C)(C)O[Si](C)(C)O[Si](C)(C)CCC(=O)OCCCCC. The van der Waals surface area contributed by atoms with E-state index in [-0.39, 0.29) is 31.1 Å². The molecular formula is C27H54O8Si3. The third-order valence-corrected chi connectivity index (χ3v) is 17.1. The Morgan fingerprint density at radius 1 is 0.868 bits per heavy atom. The summed E-state index contributed by atoms with van der Waals surface area (Å²) in [5.74, 6) is -1.24. The zero-order valence-corrected chi connectivity index (χ0v) is 28.9. The molecule has 0 saturated carbocycles. The van der Waals surface area contributed by atoms with Gasteiger partial charge in [0.1, 0.15) is 0 Å². The van der Waals surface area contributed by atoms with Gasteiger partial charge in [-0.15, -0.1) is 0 Å². The molecule has 0 aromatic carbocycles. The molecule has 0 aliphatic carbocycles. The molecule has 0 spiro atoms. The van der Waals surface area contributed by atoms with Crippen LogP contribution >= 0.6 is 0 Å². The fraction of sp³-hybridized carbons (Fsp3) is 0.815. The number of unbranched alkanes of at least 4 members (excludes halogenated alkanes) is 2. The summed E-state index contributed by atoms with van der Waals surface area (Å²) in [5, 5.41) is 0. The molecule has 1 atom stereocenters. The van der Waals surface area contributed by atoms with Crippen LogP contribution < -0.4 is 0 Å². The van der Waals surface area contributed by atoms with Crippen LogP contribution in [0.2, 0.25) is 51.4 Å². The van der Waals surface area contributed by atoms with Gasteiger partial charge in [-0.3, -0.25) is 9.59 Å². The first-order chi connectivity index (χ1) is 17.2. The second kappa shape index (κ2) is 16.1. The highest BCUT2D eigenvalue weighted by molar-refractivity contribution is 6.88. The number of carbonyl (C=O) groups is 3. The van der Waals surface area contributed by atoms with E-state index >= 15 is 0 Å². The first-order valence-electron chi connectivity index (χ1n) is 13.8. The van der Waals surface area contributed by atoms with E-state index in [1.165, 1.54) is 0 Å². The van der Waals surface area contributed by atoms with Crippen molar-refractivity contribution < 1.29 is 36.8 Å². The van der Waals surface area contributed by atoms with Gasteiger partial charge in [0.15, 0.2) is 16.6 Å². The molecule has 0 heterocycles. The molecule has 0 rings (SSSR count). The molecule has 0 radical (unpaired) electrons. The van der Waals surface area contributed by atoms with E-state index in [0.29, 0.717) is 30.7 Å². The summed E-state index contributed by atoms with van der Waals surface area (Å²) in [7, 11) is -6.91. The van der Waals surface area contributed by atoms with Crippen LogP contribution in [0.1, 0.15) is 60.3 Å². The quantitative estimate of drug-likeness (QED) is 0.0547.